The third-order valence-corrected chi connectivity index (χ3v) is 6.09. The van der Waals surface area contributed by atoms with Gasteiger partial charge in [-0.3, -0.25) is 9.59 Å². The van der Waals surface area contributed by atoms with Crippen molar-refractivity contribution in [3.8, 4) is 5.75 Å². The fraction of sp³-hybridized carbons (Fsp3) is 0.375. The number of carbonyl (C=O) groups is 2. The summed E-state index contributed by atoms with van der Waals surface area (Å²) in [5.41, 5.74) is 3.64. The molecule has 0 bridgehead atoms. The molecule has 4 rings (SSSR count). The van der Waals surface area contributed by atoms with Crippen LogP contribution in [0.4, 0.5) is 0 Å². The Labute approximate surface area is 181 Å². The minimum absolute atomic E-state index is 0.00682. The second-order valence-corrected chi connectivity index (χ2v) is 8.29. The van der Waals surface area contributed by atoms with Gasteiger partial charge in [0, 0.05) is 31.5 Å². The molecule has 7 heteroatoms. The van der Waals surface area contributed by atoms with E-state index < -0.39 is 5.97 Å². The highest BCUT2D eigenvalue weighted by Crippen LogP contribution is 2.30. The third kappa shape index (κ3) is 4.71. The molecule has 3 aromatic rings. The number of amides is 1. The van der Waals surface area contributed by atoms with Crippen LogP contribution in [-0.2, 0) is 11.2 Å². The van der Waals surface area contributed by atoms with Crippen molar-refractivity contribution >= 4 is 22.9 Å². The normalized spacial score (nSPS) is 18.8. The van der Waals surface area contributed by atoms with Gasteiger partial charge in [0.2, 0.25) is 0 Å². The molecule has 162 valence electrons. The number of rotatable bonds is 6. The van der Waals surface area contributed by atoms with Gasteiger partial charge in [-0.15, -0.1) is 0 Å². The number of nitrogens with one attached hydrogen (secondary N) is 1. The number of aromatic nitrogens is 2. The molecule has 2 aromatic carbocycles. The third-order valence-electron chi connectivity index (χ3n) is 6.09. The zero-order valence-corrected chi connectivity index (χ0v) is 17.8. The highest BCUT2D eigenvalue weighted by atomic mass is 16.5. The number of aliphatic carboxylic acids is 1. The number of carboxylic acid groups (broad SMARTS) is 1. The van der Waals surface area contributed by atoms with E-state index in [-0.39, 0.29) is 24.2 Å². The molecule has 0 saturated carbocycles. The molecular weight excluding hydrogens is 394 g/mol. The summed E-state index contributed by atoms with van der Waals surface area (Å²) in [6.45, 7) is 3.10. The number of carboxylic acids is 1. The van der Waals surface area contributed by atoms with E-state index in [2.05, 4.69) is 16.0 Å². The van der Waals surface area contributed by atoms with Crippen LogP contribution in [0.2, 0.25) is 0 Å². The minimum Gasteiger partial charge on any atom is -0.497 e. The average Bonchev–Trinajstić information content (AvgIpc) is 3.15. The zero-order chi connectivity index (χ0) is 22.0. The van der Waals surface area contributed by atoms with Crippen LogP contribution in [0, 0.1) is 18.8 Å². The van der Waals surface area contributed by atoms with Crippen LogP contribution < -0.4 is 4.74 Å². The largest absolute Gasteiger partial charge is 0.497 e. The number of carbonyl (C=O) groups excluding carboxylic acids is 1. The lowest BCUT2D eigenvalue weighted by molar-refractivity contribution is -0.139. The first-order valence-electron chi connectivity index (χ1n) is 10.5. The number of piperidine rings is 1. The van der Waals surface area contributed by atoms with Crippen molar-refractivity contribution in [2.45, 2.75) is 26.2 Å². The second-order valence-electron chi connectivity index (χ2n) is 8.29. The number of hydrogen-bond acceptors (Lipinski definition) is 4. The maximum atomic E-state index is 13.0. The Kier molecular flexibility index (Phi) is 5.93. The predicted octanol–water partition coefficient (Wildman–Crippen LogP) is 3.68. The topological polar surface area (TPSA) is 95.5 Å². The van der Waals surface area contributed by atoms with Gasteiger partial charge in [0.25, 0.3) is 5.91 Å². The molecular formula is C24H27N3O4. The smallest absolute Gasteiger partial charge is 0.303 e. The van der Waals surface area contributed by atoms with Gasteiger partial charge in [0.1, 0.15) is 11.6 Å². The van der Waals surface area contributed by atoms with Gasteiger partial charge >= 0.3 is 5.97 Å². The predicted molar refractivity (Wildman–Crippen MR) is 117 cm³/mol. The number of ether oxygens (including phenoxy) is 1. The molecule has 31 heavy (non-hydrogen) atoms. The lowest BCUT2D eigenvalue weighted by atomic mass is 9.81. The van der Waals surface area contributed by atoms with Crippen LogP contribution >= 0.6 is 0 Å². The first kappa shape index (κ1) is 20.9. The zero-order valence-electron chi connectivity index (χ0n) is 17.8. The summed E-state index contributed by atoms with van der Waals surface area (Å²) in [6.07, 6.45) is 1.38. The summed E-state index contributed by atoms with van der Waals surface area (Å²) in [7, 11) is 1.59. The quantitative estimate of drug-likeness (QED) is 0.633. The Bertz CT molecular complexity index is 1090. The molecule has 2 N–H and O–H groups in total. The molecule has 0 unspecified atom stereocenters. The highest BCUT2D eigenvalue weighted by Gasteiger charge is 2.33. The van der Waals surface area contributed by atoms with Gasteiger partial charge in [-0.25, -0.2) is 4.98 Å². The fourth-order valence-corrected chi connectivity index (χ4v) is 4.43. The van der Waals surface area contributed by atoms with Crippen molar-refractivity contribution in [3.63, 3.8) is 0 Å². The Morgan fingerprint density at radius 3 is 2.68 bits per heavy atom. The molecule has 1 aromatic heterocycles. The summed E-state index contributed by atoms with van der Waals surface area (Å²) in [4.78, 5) is 34.4. The fourth-order valence-electron chi connectivity index (χ4n) is 4.43. The number of aryl methyl sites for hydroxylation is 1. The molecule has 2 heterocycles. The van der Waals surface area contributed by atoms with E-state index in [1.54, 1.807) is 31.4 Å². The van der Waals surface area contributed by atoms with Crippen molar-refractivity contribution in [1.82, 2.24) is 14.9 Å². The van der Waals surface area contributed by atoms with Crippen LogP contribution in [0.5, 0.6) is 5.75 Å². The Balaban J connectivity index is 1.53. The summed E-state index contributed by atoms with van der Waals surface area (Å²) in [5, 5.41) is 9.38. The maximum Gasteiger partial charge on any atom is 0.303 e. The number of nitrogens with zero attached hydrogens (tertiary/aromatic N) is 2. The Morgan fingerprint density at radius 2 is 1.97 bits per heavy atom. The van der Waals surface area contributed by atoms with E-state index in [1.165, 1.54) is 0 Å². The Morgan fingerprint density at radius 1 is 1.19 bits per heavy atom. The monoisotopic (exact) mass is 421 g/mol. The number of methoxy groups -OCH3 is 1. The number of H-pyrrole nitrogens is 1. The number of fused-ring (bicyclic) bond motifs is 1. The molecule has 7 nitrogen and oxygen atoms in total. The standard InChI is InChI=1S/C24H27N3O4/c1-15-3-8-20-21(11-15)26-22(25-20)12-18-14-27(10-9-17(18)13-23(28)29)24(30)16-4-6-19(31-2)7-5-16/h3-8,11,17-18H,9-10,12-14H2,1-2H3,(H,25,26)(H,28,29)/t17-,18-/m0/s1. The van der Waals surface area contributed by atoms with E-state index >= 15 is 0 Å². The molecule has 1 aliphatic heterocycles. The van der Waals surface area contributed by atoms with Crippen molar-refractivity contribution in [1.29, 1.82) is 0 Å². The van der Waals surface area contributed by atoms with E-state index in [4.69, 9.17) is 4.74 Å². The van der Waals surface area contributed by atoms with Gasteiger partial charge in [-0.2, -0.15) is 0 Å². The van der Waals surface area contributed by atoms with Crippen LogP contribution in [0.1, 0.15) is 34.6 Å². The summed E-state index contributed by atoms with van der Waals surface area (Å²) < 4.78 is 5.17. The lowest BCUT2D eigenvalue weighted by Gasteiger charge is -2.38. The van der Waals surface area contributed by atoms with Crippen LogP contribution in [0.25, 0.3) is 11.0 Å². The van der Waals surface area contributed by atoms with Crippen molar-refractivity contribution < 1.29 is 19.4 Å². The van der Waals surface area contributed by atoms with E-state index in [1.807, 2.05) is 24.0 Å². The second kappa shape index (κ2) is 8.79. The van der Waals surface area contributed by atoms with Gasteiger partial charge in [0.05, 0.1) is 18.1 Å². The molecule has 0 spiro atoms. The highest BCUT2D eigenvalue weighted by molar-refractivity contribution is 5.94. The van der Waals surface area contributed by atoms with Gasteiger partial charge in [-0.05, 0) is 67.1 Å². The summed E-state index contributed by atoms with van der Waals surface area (Å²) in [6, 6.07) is 13.1. The van der Waals surface area contributed by atoms with Gasteiger partial charge in [0.15, 0.2) is 0 Å². The van der Waals surface area contributed by atoms with Crippen LogP contribution in [0.15, 0.2) is 42.5 Å². The number of benzene rings is 2. The lowest BCUT2D eigenvalue weighted by Crippen LogP contribution is -2.45. The molecule has 1 aliphatic rings. The van der Waals surface area contributed by atoms with Crippen molar-refractivity contribution in [2.75, 3.05) is 20.2 Å². The minimum atomic E-state index is -0.801. The molecule has 1 fully saturated rings. The summed E-state index contributed by atoms with van der Waals surface area (Å²) >= 11 is 0. The molecule has 0 aliphatic carbocycles. The number of hydrogen-bond donors (Lipinski definition) is 2. The Hall–Kier alpha value is -3.35. The van der Waals surface area contributed by atoms with E-state index in [9.17, 15) is 14.7 Å². The number of aromatic amines is 1. The van der Waals surface area contributed by atoms with Crippen molar-refractivity contribution in [3.05, 3.63) is 59.4 Å². The number of likely N-dealkylation sites (tertiary alicyclic amines) is 1. The SMILES string of the molecule is COc1ccc(C(=O)N2CC[C@@H](CC(=O)O)[C@@H](Cc3nc4ccc(C)cc4[nH]3)C2)cc1. The molecule has 0 radical (unpaired) electrons. The average molecular weight is 421 g/mol. The summed E-state index contributed by atoms with van der Waals surface area (Å²) in [5.74, 6) is 0.724. The first-order valence-corrected chi connectivity index (χ1v) is 10.5. The van der Waals surface area contributed by atoms with E-state index in [0.717, 1.165) is 22.4 Å². The number of imidazole rings is 1. The maximum absolute atomic E-state index is 13.0. The van der Waals surface area contributed by atoms with Crippen LogP contribution in [-0.4, -0.2) is 52.1 Å². The molecule has 2 atom stereocenters. The first-order chi connectivity index (χ1) is 14.9. The van der Waals surface area contributed by atoms with E-state index in [0.29, 0.717) is 37.2 Å². The van der Waals surface area contributed by atoms with Gasteiger partial charge in [-0.1, -0.05) is 6.07 Å². The van der Waals surface area contributed by atoms with Crippen molar-refractivity contribution in [2.24, 2.45) is 11.8 Å². The van der Waals surface area contributed by atoms with Gasteiger partial charge < -0.3 is 19.7 Å². The molecule has 1 amide bonds. The van der Waals surface area contributed by atoms with Crippen LogP contribution in [0.3, 0.4) is 0 Å². The molecule has 1 saturated heterocycles.